The molecular formula is C31H34Cl2N2O3S. The Bertz CT molecular complexity index is 1230. The van der Waals surface area contributed by atoms with Crippen molar-refractivity contribution in [2.75, 3.05) is 12.9 Å². The molecule has 3 aromatic rings. The molecule has 1 atom stereocenters. The Morgan fingerprint density at radius 2 is 1.72 bits per heavy atom. The normalized spacial score (nSPS) is 14.1. The summed E-state index contributed by atoms with van der Waals surface area (Å²) in [6.07, 6.45) is 4.58. The smallest absolute Gasteiger partial charge is 0.243 e. The predicted octanol–water partition coefficient (Wildman–Crippen LogP) is 6.93. The van der Waals surface area contributed by atoms with Gasteiger partial charge in [-0.3, -0.25) is 9.59 Å². The molecule has 2 amide bonds. The molecule has 3 aromatic carbocycles. The molecule has 0 spiro atoms. The second-order valence-corrected chi connectivity index (χ2v) is 11.6. The van der Waals surface area contributed by atoms with Crippen molar-refractivity contribution in [3.63, 3.8) is 0 Å². The van der Waals surface area contributed by atoms with Crippen molar-refractivity contribution in [2.45, 2.75) is 56.5 Å². The van der Waals surface area contributed by atoms with Crippen LogP contribution in [0.3, 0.4) is 0 Å². The van der Waals surface area contributed by atoms with Gasteiger partial charge in [0, 0.05) is 34.8 Å². The van der Waals surface area contributed by atoms with Crippen LogP contribution in [-0.4, -0.2) is 41.7 Å². The van der Waals surface area contributed by atoms with Crippen LogP contribution in [0.15, 0.2) is 72.8 Å². The maximum atomic E-state index is 13.8. The molecule has 0 aliphatic heterocycles. The quantitative estimate of drug-likeness (QED) is 0.250. The number of methoxy groups -OCH3 is 1. The SMILES string of the molecule is COc1ccc(CSCC(=O)N(Cc2ccc(Cl)cc2Cl)[C@H](Cc2ccccc2)C(=O)NC2CCCC2)cc1. The van der Waals surface area contributed by atoms with E-state index in [0.717, 1.165) is 48.1 Å². The molecule has 206 valence electrons. The lowest BCUT2D eigenvalue weighted by atomic mass is 10.0. The third-order valence-electron chi connectivity index (χ3n) is 6.98. The Kier molecular flexibility index (Phi) is 11.0. The Labute approximate surface area is 245 Å². The molecule has 0 unspecified atom stereocenters. The summed E-state index contributed by atoms with van der Waals surface area (Å²) in [5, 5.41) is 4.23. The summed E-state index contributed by atoms with van der Waals surface area (Å²) >= 11 is 14.2. The Hall–Kier alpha value is -2.67. The molecule has 0 saturated heterocycles. The molecule has 5 nitrogen and oxygen atoms in total. The van der Waals surface area contributed by atoms with Crippen molar-refractivity contribution in [3.8, 4) is 5.75 Å². The topological polar surface area (TPSA) is 58.6 Å². The number of halogens is 2. The number of benzene rings is 3. The maximum Gasteiger partial charge on any atom is 0.243 e. The van der Waals surface area contributed by atoms with E-state index in [9.17, 15) is 9.59 Å². The van der Waals surface area contributed by atoms with Crippen LogP contribution in [0.25, 0.3) is 0 Å². The first-order chi connectivity index (χ1) is 18.9. The van der Waals surface area contributed by atoms with E-state index in [1.807, 2.05) is 60.7 Å². The van der Waals surface area contributed by atoms with Gasteiger partial charge in [-0.25, -0.2) is 0 Å². The number of hydrogen-bond acceptors (Lipinski definition) is 4. The van der Waals surface area contributed by atoms with E-state index in [1.165, 1.54) is 11.8 Å². The van der Waals surface area contributed by atoms with Gasteiger partial charge in [0.2, 0.25) is 11.8 Å². The van der Waals surface area contributed by atoms with Gasteiger partial charge in [-0.2, -0.15) is 0 Å². The van der Waals surface area contributed by atoms with Crippen LogP contribution < -0.4 is 10.1 Å². The molecular weight excluding hydrogens is 551 g/mol. The number of carbonyl (C=O) groups is 2. The van der Waals surface area contributed by atoms with Crippen molar-refractivity contribution < 1.29 is 14.3 Å². The standard InChI is InChI=1S/C31H34Cl2N2O3S/c1-38-27-15-11-23(12-16-27)20-39-21-30(36)35(19-24-13-14-25(32)18-28(24)33)29(17-22-7-3-2-4-8-22)31(37)34-26-9-5-6-10-26/h2-4,7-8,11-16,18,26,29H,5-6,9-10,17,19-21H2,1H3,(H,34,37)/t29-/m1/s1. The summed E-state index contributed by atoms with van der Waals surface area (Å²) in [6, 6.07) is 22.4. The van der Waals surface area contributed by atoms with Crippen LogP contribution in [0, 0.1) is 0 Å². The highest BCUT2D eigenvalue weighted by atomic mass is 35.5. The van der Waals surface area contributed by atoms with Crippen molar-refractivity contribution in [1.29, 1.82) is 0 Å². The molecule has 39 heavy (non-hydrogen) atoms. The molecule has 1 N–H and O–H groups in total. The lowest BCUT2D eigenvalue weighted by Crippen LogP contribution is -2.52. The Morgan fingerprint density at radius 1 is 1.00 bits per heavy atom. The highest BCUT2D eigenvalue weighted by Gasteiger charge is 2.32. The van der Waals surface area contributed by atoms with Crippen LogP contribution in [0.2, 0.25) is 10.0 Å². The van der Waals surface area contributed by atoms with Gasteiger partial charge in [-0.15, -0.1) is 11.8 Å². The fourth-order valence-electron chi connectivity index (χ4n) is 4.82. The number of amides is 2. The van der Waals surface area contributed by atoms with E-state index >= 15 is 0 Å². The summed E-state index contributed by atoms with van der Waals surface area (Å²) in [5.41, 5.74) is 2.84. The molecule has 0 bridgehead atoms. The first-order valence-corrected chi connectivity index (χ1v) is 15.1. The average molecular weight is 586 g/mol. The molecule has 1 saturated carbocycles. The zero-order chi connectivity index (χ0) is 27.6. The lowest BCUT2D eigenvalue weighted by molar-refractivity contribution is -0.139. The van der Waals surface area contributed by atoms with Crippen LogP contribution in [0.4, 0.5) is 0 Å². The first-order valence-electron chi connectivity index (χ1n) is 13.2. The van der Waals surface area contributed by atoms with Gasteiger partial charge in [-0.1, -0.05) is 84.6 Å². The van der Waals surface area contributed by atoms with Gasteiger partial charge in [0.25, 0.3) is 0 Å². The monoisotopic (exact) mass is 584 g/mol. The van der Waals surface area contributed by atoms with Crippen LogP contribution in [-0.2, 0) is 28.3 Å². The number of nitrogens with one attached hydrogen (secondary N) is 1. The van der Waals surface area contributed by atoms with Gasteiger partial charge in [-0.05, 0) is 53.8 Å². The number of ether oxygens (including phenoxy) is 1. The molecule has 8 heteroatoms. The first kappa shape index (κ1) is 29.3. The van der Waals surface area contributed by atoms with Crippen molar-refractivity contribution >= 4 is 46.8 Å². The lowest BCUT2D eigenvalue weighted by Gasteiger charge is -2.32. The minimum atomic E-state index is -0.672. The van der Waals surface area contributed by atoms with Crippen molar-refractivity contribution in [3.05, 3.63) is 99.5 Å². The minimum Gasteiger partial charge on any atom is -0.497 e. The number of carbonyl (C=O) groups excluding carboxylic acids is 2. The summed E-state index contributed by atoms with van der Waals surface area (Å²) in [7, 11) is 1.64. The zero-order valence-electron chi connectivity index (χ0n) is 22.1. The molecule has 0 aromatic heterocycles. The minimum absolute atomic E-state index is 0.109. The summed E-state index contributed by atoms with van der Waals surface area (Å²) in [4.78, 5) is 29.3. The fraction of sp³-hybridized carbons (Fsp3) is 0.355. The second-order valence-electron chi connectivity index (χ2n) is 9.79. The zero-order valence-corrected chi connectivity index (χ0v) is 24.4. The molecule has 1 aliphatic rings. The van der Waals surface area contributed by atoms with Gasteiger partial charge in [0.1, 0.15) is 11.8 Å². The summed E-state index contributed by atoms with van der Waals surface area (Å²) < 4.78 is 5.24. The molecule has 0 radical (unpaired) electrons. The third-order valence-corrected chi connectivity index (χ3v) is 8.56. The molecule has 1 fully saturated rings. The van der Waals surface area contributed by atoms with Gasteiger partial charge in [0.05, 0.1) is 12.9 Å². The average Bonchev–Trinajstić information content (AvgIpc) is 3.45. The van der Waals surface area contributed by atoms with Crippen molar-refractivity contribution in [2.24, 2.45) is 0 Å². The fourth-order valence-corrected chi connectivity index (χ4v) is 6.15. The maximum absolute atomic E-state index is 13.8. The van der Waals surface area contributed by atoms with E-state index in [0.29, 0.717) is 22.2 Å². The van der Waals surface area contributed by atoms with E-state index in [2.05, 4.69) is 5.32 Å². The Morgan fingerprint density at radius 3 is 2.38 bits per heavy atom. The summed E-state index contributed by atoms with van der Waals surface area (Å²) in [6.45, 7) is 0.216. The number of hydrogen-bond donors (Lipinski definition) is 1. The van der Waals surface area contributed by atoms with Crippen LogP contribution in [0.5, 0.6) is 5.75 Å². The van der Waals surface area contributed by atoms with Crippen molar-refractivity contribution in [1.82, 2.24) is 10.2 Å². The van der Waals surface area contributed by atoms with Crippen LogP contribution in [0.1, 0.15) is 42.4 Å². The highest BCUT2D eigenvalue weighted by Crippen LogP contribution is 2.26. The molecule has 1 aliphatic carbocycles. The van der Waals surface area contributed by atoms with Gasteiger partial charge in [0.15, 0.2) is 0 Å². The van der Waals surface area contributed by atoms with E-state index < -0.39 is 6.04 Å². The molecule has 0 heterocycles. The van der Waals surface area contributed by atoms with Crippen LogP contribution >= 0.6 is 35.0 Å². The predicted molar refractivity (Wildman–Crippen MR) is 161 cm³/mol. The molecule has 4 rings (SSSR count). The summed E-state index contributed by atoms with van der Waals surface area (Å²) in [5.74, 6) is 1.47. The number of rotatable bonds is 12. The van der Waals surface area contributed by atoms with E-state index in [4.69, 9.17) is 27.9 Å². The van der Waals surface area contributed by atoms with E-state index in [-0.39, 0.29) is 30.2 Å². The van der Waals surface area contributed by atoms with Gasteiger partial charge >= 0.3 is 0 Å². The van der Waals surface area contributed by atoms with Gasteiger partial charge < -0.3 is 15.0 Å². The highest BCUT2D eigenvalue weighted by molar-refractivity contribution is 7.99. The largest absolute Gasteiger partial charge is 0.497 e. The number of thioether (sulfide) groups is 1. The Balaban J connectivity index is 1.57. The van der Waals surface area contributed by atoms with E-state index in [1.54, 1.807) is 24.1 Å². The number of nitrogens with zero attached hydrogens (tertiary/aromatic N) is 1. The third kappa shape index (κ3) is 8.66. The second kappa shape index (κ2) is 14.6.